The van der Waals surface area contributed by atoms with Gasteiger partial charge in [-0.05, 0) is 24.3 Å². The zero-order valence-corrected chi connectivity index (χ0v) is 16.1. The molecule has 0 aromatic heterocycles. The first-order chi connectivity index (χ1) is 14.0. The van der Waals surface area contributed by atoms with Gasteiger partial charge >= 0.3 is 5.97 Å². The van der Waals surface area contributed by atoms with Gasteiger partial charge in [-0.1, -0.05) is 12.1 Å². The molecule has 1 aliphatic rings. The van der Waals surface area contributed by atoms with Crippen molar-refractivity contribution in [2.24, 2.45) is 5.10 Å². The van der Waals surface area contributed by atoms with E-state index in [9.17, 15) is 9.59 Å². The fourth-order valence-corrected chi connectivity index (χ4v) is 2.61. The van der Waals surface area contributed by atoms with E-state index >= 15 is 0 Å². The number of fused-ring (bicyclic) bond motifs is 1. The van der Waals surface area contributed by atoms with Crippen LogP contribution < -0.4 is 29.1 Å². The summed E-state index contributed by atoms with van der Waals surface area (Å²) in [4.78, 5) is 23.6. The molecule has 152 valence electrons. The molecule has 0 saturated carbocycles. The van der Waals surface area contributed by atoms with Crippen LogP contribution in [-0.4, -0.2) is 45.0 Å². The first-order valence-corrected chi connectivity index (χ1v) is 8.67. The second-order valence-corrected chi connectivity index (χ2v) is 5.95. The summed E-state index contributed by atoms with van der Waals surface area (Å²) in [7, 11) is 2.87. The van der Waals surface area contributed by atoms with Gasteiger partial charge in [0.25, 0.3) is 5.91 Å². The molecule has 1 aliphatic heterocycles. The highest BCUT2D eigenvalue weighted by molar-refractivity contribution is 5.86. The van der Waals surface area contributed by atoms with Gasteiger partial charge in [0.2, 0.25) is 11.9 Å². The summed E-state index contributed by atoms with van der Waals surface area (Å²) in [6, 6.07) is 10.3. The van der Waals surface area contributed by atoms with Gasteiger partial charge in [-0.15, -0.1) is 0 Å². The molecule has 0 spiro atoms. The van der Waals surface area contributed by atoms with Gasteiger partial charge in [0.1, 0.15) is 6.61 Å². The van der Waals surface area contributed by atoms with Crippen LogP contribution in [-0.2, 0) is 9.59 Å². The number of amides is 1. The van der Waals surface area contributed by atoms with Crippen LogP contribution in [0.5, 0.6) is 28.7 Å². The van der Waals surface area contributed by atoms with E-state index in [0.717, 1.165) is 0 Å². The molecular formula is C20H20N2O7. The Morgan fingerprint density at radius 2 is 1.79 bits per heavy atom. The third-order valence-corrected chi connectivity index (χ3v) is 3.92. The molecule has 0 radical (unpaired) electrons. The van der Waals surface area contributed by atoms with Crippen molar-refractivity contribution < 1.29 is 33.3 Å². The molecule has 2 aromatic carbocycles. The summed E-state index contributed by atoms with van der Waals surface area (Å²) in [6.45, 7) is 1.36. The minimum absolute atomic E-state index is 0.0805. The molecule has 0 bridgehead atoms. The minimum atomic E-state index is -0.822. The van der Waals surface area contributed by atoms with Crippen molar-refractivity contribution in [3.8, 4) is 28.7 Å². The molecular weight excluding hydrogens is 380 g/mol. The summed E-state index contributed by atoms with van der Waals surface area (Å²) >= 11 is 0. The number of benzene rings is 2. The molecule has 29 heavy (non-hydrogen) atoms. The number of hydrazone groups is 1. The van der Waals surface area contributed by atoms with Crippen LogP contribution in [0.3, 0.4) is 0 Å². The number of nitrogens with one attached hydrogen (secondary N) is 1. The molecule has 2 aromatic rings. The molecule has 0 aliphatic carbocycles. The Kier molecular flexibility index (Phi) is 6.18. The molecule has 9 heteroatoms. The van der Waals surface area contributed by atoms with E-state index in [1.165, 1.54) is 27.4 Å². The maximum atomic E-state index is 12.3. The van der Waals surface area contributed by atoms with E-state index in [2.05, 4.69) is 10.5 Å². The maximum absolute atomic E-state index is 12.3. The Morgan fingerprint density at radius 3 is 2.41 bits per heavy atom. The highest BCUT2D eigenvalue weighted by atomic mass is 16.6. The fraction of sp³-hybridized carbons (Fsp3) is 0.250. The standard InChI is InChI=1S/C20H20N2O7/c1-12(23)28-19-16(25-2)8-13(9-17(19)26-3)10-21-22-20(24)18-11-27-14-6-4-5-7-15(14)29-18/h4-10,18H,11H2,1-3H3,(H,22,24)/b21-10-/t18-/m0/s1. The lowest BCUT2D eigenvalue weighted by Crippen LogP contribution is -2.42. The van der Waals surface area contributed by atoms with Crippen molar-refractivity contribution >= 4 is 18.1 Å². The first kappa shape index (κ1) is 20.0. The number of methoxy groups -OCH3 is 2. The smallest absolute Gasteiger partial charge is 0.308 e. The maximum Gasteiger partial charge on any atom is 0.308 e. The largest absolute Gasteiger partial charge is 0.493 e. The van der Waals surface area contributed by atoms with E-state index < -0.39 is 18.0 Å². The summed E-state index contributed by atoms with van der Waals surface area (Å²) in [6.07, 6.45) is 0.579. The molecule has 1 atom stereocenters. The van der Waals surface area contributed by atoms with Crippen LogP contribution in [0.1, 0.15) is 12.5 Å². The predicted molar refractivity (Wildman–Crippen MR) is 103 cm³/mol. The average Bonchev–Trinajstić information content (AvgIpc) is 2.73. The number of carbonyl (C=O) groups excluding carboxylic acids is 2. The zero-order chi connectivity index (χ0) is 20.8. The molecule has 0 unspecified atom stereocenters. The summed E-state index contributed by atoms with van der Waals surface area (Å²) in [5.41, 5.74) is 2.97. The molecule has 0 fully saturated rings. The molecule has 1 amide bonds. The van der Waals surface area contributed by atoms with Gasteiger partial charge in [0, 0.05) is 12.5 Å². The quantitative estimate of drug-likeness (QED) is 0.342. The lowest BCUT2D eigenvalue weighted by Gasteiger charge is -2.24. The van der Waals surface area contributed by atoms with Crippen LogP contribution in [0.4, 0.5) is 0 Å². The number of hydrogen-bond donors (Lipinski definition) is 1. The van der Waals surface area contributed by atoms with Crippen molar-refractivity contribution in [1.29, 1.82) is 0 Å². The minimum Gasteiger partial charge on any atom is -0.493 e. The van der Waals surface area contributed by atoms with Crippen molar-refractivity contribution in [1.82, 2.24) is 5.43 Å². The Morgan fingerprint density at radius 1 is 1.14 bits per heavy atom. The predicted octanol–water partition coefficient (Wildman–Crippen LogP) is 1.92. The fourth-order valence-electron chi connectivity index (χ4n) is 2.61. The first-order valence-electron chi connectivity index (χ1n) is 8.67. The lowest BCUT2D eigenvalue weighted by atomic mass is 10.2. The van der Waals surface area contributed by atoms with Crippen LogP contribution in [0.2, 0.25) is 0 Å². The van der Waals surface area contributed by atoms with Gasteiger partial charge in [-0.3, -0.25) is 9.59 Å². The van der Waals surface area contributed by atoms with Gasteiger partial charge in [-0.25, -0.2) is 5.43 Å². The van der Waals surface area contributed by atoms with Crippen LogP contribution in [0.15, 0.2) is 41.5 Å². The number of carbonyl (C=O) groups is 2. The van der Waals surface area contributed by atoms with Gasteiger partial charge < -0.3 is 23.7 Å². The number of nitrogens with zero attached hydrogens (tertiary/aromatic N) is 1. The zero-order valence-electron chi connectivity index (χ0n) is 16.1. The number of ether oxygens (including phenoxy) is 5. The van der Waals surface area contributed by atoms with Crippen molar-refractivity contribution in [2.45, 2.75) is 13.0 Å². The Balaban J connectivity index is 1.68. The Bertz CT molecular complexity index is 917. The summed E-state index contributed by atoms with van der Waals surface area (Å²) in [5, 5.41) is 3.94. The number of rotatable bonds is 6. The van der Waals surface area contributed by atoms with Crippen LogP contribution >= 0.6 is 0 Å². The third kappa shape index (κ3) is 4.75. The Hall–Kier alpha value is -3.75. The summed E-state index contributed by atoms with van der Waals surface area (Å²) < 4.78 is 26.8. The number of hydrogen-bond acceptors (Lipinski definition) is 8. The second kappa shape index (κ2) is 8.96. The van der Waals surface area contributed by atoms with E-state index in [1.54, 1.807) is 30.3 Å². The number of para-hydroxylation sites is 2. The monoisotopic (exact) mass is 400 g/mol. The second-order valence-electron chi connectivity index (χ2n) is 5.95. The van der Waals surface area contributed by atoms with Gasteiger partial charge in [0.05, 0.1) is 20.4 Å². The Labute approximate surface area is 167 Å². The lowest BCUT2D eigenvalue weighted by molar-refractivity contribution is -0.132. The average molecular weight is 400 g/mol. The van der Waals surface area contributed by atoms with Crippen LogP contribution in [0.25, 0.3) is 0 Å². The molecule has 0 saturated heterocycles. The molecule has 1 heterocycles. The normalized spacial score (nSPS) is 14.9. The van der Waals surface area contributed by atoms with Crippen LogP contribution in [0, 0.1) is 0 Å². The van der Waals surface area contributed by atoms with Gasteiger partial charge in [-0.2, -0.15) is 5.10 Å². The molecule has 9 nitrogen and oxygen atoms in total. The van der Waals surface area contributed by atoms with E-state index in [4.69, 9.17) is 23.7 Å². The van der Waals surface area contributed by atoms with Crippen molar-refractivity contribution in [2.75, 3.05) is 20.8 Å². The van der Waals surface area contributed by atoms with E-state index in [0.29, 0.717) is 17.1 Å². The van der Waals surface area contributed by atoms with E-state index in [1.807, 2.05) is 6.07 Å². The highest BCUT2D eigenvalue weighted by Crippen LogP contribution is 2.38. The third-order valence-electron chi connectivity index (χ3n) is 3.92. The molecule has 3 rings (SSSR count). The van der Waals surface area contributed by atoms with Crippen molar-refractivity contribution in [3.05, 3.63) is 42.0 Å². The summed E-state index contributed by atoms with van der Waals surface area (Å²) in [5.74, 6) is 0.860. The van der Waals surface area contributed by atoms with Crippen molar-refractivity contribution in [3.63, 3.8) is 0 Å². The highest BCUT2D eigenvalue weighted by Gasteiger charge is 2.27. The SMILES string of the molecule is COc1cc(/C=N\NC(=O)[C@@H]2COc3ccccc3O2)cc(OC)c1OC(C)=O. The van der Waals surface area contributed by atoms with E-state index in [-0.39, 0.29) is 23.9 Å². The molecule has 1 N–H and O–H groups in total. The van der Waals surface area contributed by atoms with Gasteiger partial charge in [0.15, 0.2) is 23.0 Å². The number of esters is 1. The topological polar surface area (TPSA) is 105 Å².